The van der Waals surface area contributed by atoms with Crippen molar-refractivity contribution in [2.24, 2.45) is 18.9 Å². The monoisotopic (exact) mass is 339 g/mol. The van der Waals surface area contributed by atoms with E-state index < -0.39 is 6.10 Å². The van der Waals surface area contributed by atoms with Crippen molar-refractivity contribution in [1.29, 1.82) is 0 Å². The lowest BCUT2D eigenvalue weighted by atomic mass is 9.90. The number of amides is 1. The van der Waals surface area contributed by atoms with Crippen LogP contribution in [0.5, 0.6) is 0 Å². The fraction of sp³-hybridized carbons (Fsp3) is 0.500. The van der Waals surface area contributed by atoms with Crippen molar-refractivity contribution in [2.75, 3.05) is 13.1 Å². The summed E-state index contributed by atoms with van der Waals surface area (Å²) in [6.07, 6.45) is 6.42. The van der Waals surface area contributed by atoms with Crippen LogP contribution in [0.3, 0.4) is 0 Å². The summed E-state index contributed by atoms with van der Waals surface area (Å²) < 4.78 is 1.87. The van der Waals surface area contributed by atoms with Crippen molar-refractivity contribution < 1.29 is 9.90 Å². The van der Waals surface area contributed by atoms with E-state index in [1.807, 2.05) is 22.7 Å². The standard InChI is InChI=1S/C20H25N3O2/c1-22-11-8-21-19(22)18(24)14-6-9-23(10-7-14)20(25)17-12-15-4-2-3-5-16(15)13-17/h2-5,8,11,14,17-18,24H,6-7,9-10,12-13H2,1H3/t18-/m1/s1. The van der Waals surface area contributed by atoms with Gasteiger partial charge < -0.3 is 14.6 Å². The van der Waals surface area contributed by atoms with Gasteiger partial charge >= 0.3 is 0 Å². The molecule has 0 bridgehead atoms. The van der Waals surface area contributed by atoms with Gasteiger partial charge in [0.1, 0.15) is 11.9 Å². The summed E-state index contributed by atoms with van der Waals surface area (Å²) in [6, 6.07) is 8.38. The predicted octanol–water partition coefficient (Wildman–Crippen LogP) is 2.11. The first-order valence-electron chi connectivity index (χ1n) is 9.14. The zero-order valence-electron chi connectivity index (χ0n) is 14.6. The highest BCUT2D eigenvalue weighted by molar-refractivity contribution is 5.80. The SMILES string of the molecule is Cn1ccnc1[C@H](O)C1CCN(C(=O)C2Cc3ccccc3C2)CC1. The lowest BCUT2D eigenvalue weighted by Crippen LogP contribution is -2.43. The van der Waals surface area contributed by atoms with E-state index >= 15 is 0 Å². The first-order chi connectivity index (χ1) is 12.1. The Bertz CT molecular complexity index is 737. The van der Waals surface area contributed by atoms with Gasteiger partial charge in [0.15, 0.2) is 0 Å². The molecule has 5 heteroatoms. The summed E-state index contributed by atoms with van der Waals surface area (Å²) in [6.45, 7) is 1.47. The van der Waals surface area contributed by atoms with Crippen LogP contribution in [0.1, 0.15) is 35.9 Å². The molecule has 0 spiro atoms. The Balaban J connectivity index is 1.35. The zero-order valence-corrected chi connectivity index (χ0v) is 14.6. The molecule has 1 N–H and O–H groups in total. The summed E-state index contributed by atoms with van der Waals surface area (Å²) >= 11 is 0. The highest BCUT2D eigenvalue weighted by Gasteiger charge is 2.34. The Morgan fingerprint density at radius 2 is 1.84 bits per heavy atom. The molecular weight excluding hydrogens is 314 g/mol. The fourth-order valence-corrected chi connectivity index (χ4v) is 4.30. The molecule has 1 amide bonds. The van der Waals surface area contributed by atoms with E-state index in [4.69, 9.17) is 0 Å². The van der Waals surface area contributed by atoms with E-state index in [1.165, 1.54) is 11.1 Å². The second-order valence-corrected chi connectivity index (χ2v) is 7.38. The van der Waals surface area contributed by atoms with E-state index in [0.717, 1.165) is 44.6 Å². The maximum absolute atomic E-state index is 12.9. The van der Waals surface area contributed by atoms with Crippen LogP contribution in [0.2, 0.25) is 0 Å². The molecule has 1 aromatic heterocycles. The van der Waals surface area contributed by atoms with Gasteiger partial charge in [0, 0.05) is 38.4 Å². The Morgan fingerprint density at radius 1 is 1.20 bits per heavy atom. The predicted molar refractivity (Wildman–Crippen MR) is 94.8 cm³/mol. The minimum absolute atomic E-state index is 0.0911. The first kappa shape index (κ1) is 16.3. The number of rotatable bonds is 3. The Hall–Kier alpha value is -2.14. The van der Waals surface area contributed by atoms with Crippen LogP contribution in [0.15, 0.2) is 36.7 Å². The van der Waals surface area contributed by atoms with Gasteiger partial charge in [-0.3, -0.25) is 4.79 Å². The molecule has 1 aliphatic heterocycles. The molecule has 0 unspecified atom stereocenters. The van der Waals surface area contributed by atoms with Crippen molar-refractivity contribution in [2.45, 2.75) is 31.8 Å². The van der Waals surface area contributed by atoms with Gasteiger partial charge in [0.25, 0.3) is 0 Å². The maximum Gasteiger partial charge on any atom is 0.226 e. The van der Waals surface area contributed by atoms with Crippen LogP contribution in [-0.2, 0) is 24.7 Å². The fourth-order valence-electron chi connectivity index (χ4n) is 4.30. The van der Waals surface area contributed by atoms with Crippen molar-refractivity contribution in [3.05, 3.63) is 53.6 Å². The third kappa shape index (κ3) is 3.09. The summed E-state index contributed by atoms with van der Waals surface area (Å²) in [4.78, 5) is 19.1. The summed E-state index contributed by atoms with van der Waals surface area (Å²) in [5.41, 5.74) is 2.64. The summed E-state index contributed by atoms with van der Waals surface area (Å²) in [5.74, 6) is 1.26. The highest BCUT2D eigenvalue weighted by Crippen LogP contribution is 2.32. The van der Waals surface area contributed by atoms with Crippen molar-refractivity contribution in [1.82, 2.24) is 14.5 Å². The maximum atomic E-state index is 12.9. The summed E-state index contributed by atoms with van der Waals surface area (Å²) in [7, 11) is 1.90. The Morgan fingerprint density at radius 3 is 2.40 bits per heavy atom. The molecule has 0 saturated carbocycles. The van der Waals surface area contributed by atoms with Crippen LogP contribution >= 0.6 is 0 Å². The van der Waals surface area contributed by atoms with Gasteiger partial charge in [-0.15, -0.1) is 0 Å². The van der Waals surface area contributed by atoms with Crippen LogP contribution in [0, 0.1) is 11.8 Å². The molecule has 2 aliphatic rings. The number of aliphatic hydroxyl groups is 1. The van der Waals surface area contributed by atoms with E-state index in [-0.39, 0.29) is 17.7 Å². The van der Waals surface area contributed by atoms with Crippen LogP contribution < -0.4 is 0 Å². The Kier molecular flexibility index (Phi) is 4.34. The third-order valence-corrected chi connectivity index (χ3v) is 5.82. The number of aliphatic hydroxyl groups excluding tert-OH is 1. The number of piperidine rings is 1. The number of nitrogens with zero attached hydrogens (tertiary/aromatic N) is 3. The van der Waals surface area contributed by atoms with Gasteiger partial charge in [-0.1, -0.05) is 24.3 Å². The van der Waals surface area contributed by atoms with Crippen LogP contribution in [0.25, 0.3) is 0 Å². The molecule has 0 radical (unpaired) electrons. The summed E-state index contributed by atoms with van der Waals surface area (Å²) in [5, 5.41) is 10.6. The number of carbonyl (C=O) groups excluding carboxylic acids is 1. The van der Waals surface area contributed by atoms with Crippen molar-refractivity contribution >= 4 is 5.91 Å². The molecule has 25 heavy (non-hydrogen) atoms. The number of hydrogen-bond donors (Lipinski definition) is 1. The number of hydrogen-bond acceptors (Lipinski definition) is 3. The normalized spacial score (nSPS) is 19.8. The number of likely N-dealkylation sites (tertiary alicyclic amines) is 1. The molecule has 1 fully saturated rings. The molecule has 1 aliphatic carbocycles. The van der Waals surface area contributed by atoms with E-state index in [0.29, 0.717) is 0 Å². The molecule has 132 valence electrons. The molecule has 2 aromatic rings. The minimum Gasteiger partial charge on any atom is -0.385 e. The van der Waals surface area contributed by atoms with Gasteiger partial charge in [0.05, 0.1) is 0 Å². The Labute approximate surface area is 148 Å². The van der Waals surface area contributed by atoms with E-state index in [2.05, 4.69) is 29.2 Å². The quantitative estimate of drug-likeness (QED) is 0.932. The van der Waals surface area contributed by atoms with Crippen molar-refractivity contribution in [3.63, 3.8) is 0 Å². The smallest absolute Gasteiger partial charge is 0.226 e. The lowest BCUT2D eigenvalue weighted by Gasteiger charge is -2.35. The third-order valence-electron chi connectivity index (χ3n) is 5.82. The second-order valence-electron chi connectivity index (χ2n) is 7.38. The van der Waals surface area contributed by atoms with Gasteiger partial charge in [-0.2, -0.15) is 0 Å². The van der Waals surface area contributed by atoms with E-state index in [9.17, 15) is 9.90 Å². The number of carbonyl (C=O) groups is 1. The first-order valence-corrected chi connectivity index (χ1v) is 9.14. The highest BCUT2D eigenvalue weighted by atomic mass is 16.3. The number of imidazole rings is 1. The molecular formula is C20H25N3O2. The minimum atomic E-state index is -0.548. The van der Waals surface area contributed by atoms with Gasteiger partial charge in [-0.05, 0) is 42.7 Å². The molecule has 1 saturated heterocycles. The average Bonchev–Trinajstić information content (AvgIpc) is 3.26. The van der Waals surface area contributed by atoms with Crippen LogP contribution in [-0.4, -0.2) is 38.6 Å². The topological polar surface area (TPSA) is 58.4 Å². The number of aryl methyl sites for hydroxylation is 1. The number of aromatic nitrogens is 2. The van der Waals surface area contributed by atoms with Gasteiger partial charge in [0.2, 0.25) is 5.91 Å². The molecule has 2 heterocycles. The molecule has 4 rings (SSSR count). The van der Waals surface area contributed by atoms with Crippen molar-refractivity contribution in [3.8, 4) is 0 Å². The van der Waals surface area contributed by atoms with Gasteiger partial charge in [-0.25, -0.2) is 4.98 Å². The zero-order chi connectivity index (χ0) is 17.4. The molecule has 1 atom stereocenters. The molecule has 1 aromatic carbocycles. The average molecular weight is 339 g/mol. The molecule has 5 nitrogen and oxygen atoms in total. The van der Waals surface area contributed by atoms with Crippen LogP contribution in [0.4, 0.5) is 0 Å². The largest absolute Gasteiger partial charge is 0.385 e. The van der Waals surface area contributed by atoms with E-state index in [1.54, 1.807) is 6.20 Å². The second kappa shape index (κ2) is 6.64. The lowest BCUT2D eigenvalue weighted by molar-refractivity contribution is -0.137. The number of fused-ring (bicyclic) bond motifs is 1. The number of benzene rings is 1.